The molecule has 1 fully saturated rings. The third-order valence-corrected chi connectivity index (χ3v) is 4.53. The van der Waals surface area contributed by atoms with Gasteiger partial charge in [-0.05, 0) is 48.9 Å². The number of rotatable bonds is 6. The van der Waals surface area contributed by atoms with E-state index in [0.29, 0.717) is 5.92 Å². The number of piperidine rings is 1. The number of pyridine rings is 1. The van der Waals surface area contributed by atoms with Crippen LogP contribution in [0.2, 0.25) is 0 Å². The van der Waals surface area contributed by atoms with Gasteiger partial charge < -0.3 is 9.64 Å². The number of ether oxygens (including phenoxy) is 1. The molecule has 4 nitrogen and oxygen atoms in total. The van der Waals surface area contributed by atoms with Crippen molar-refractivity contribution in [3.63, 3.8) is 0 Å². The van der Waals surface area contributed by atoms with Crippen LogP contribution in [-0.4, -0.2) is 35.5 Å². The van der Waals surface area contributed by atoms with Crippen LogP contribution in [0, 0.1) is 11.7 Å². The van der Waals surface area contributed by atoms with Gasteiger partial charge >= 0.3 is 0 Å². The normalized spacial score (nSPS) is 17.3. The van der Waals surface area contributed by atoms with Crippen molar-refractivity contribution < 1.29 is 13.9 Å². The molecule has 1 aromatic heterocycles. The van der Waals surface area contributed by atoms with Gasteiger partial charge in [-0.1, -0.05) is 18.2 Å². The number of aromatic nitrogens is 1. The molecule has 0 spiro atoms. The Kier molecular flexibility index (Phi) is 5.99. The van der Waals surface area contributed by atoms with Gasteiger partial charge in [0.25, 0.3) is 0 Å². The van der Waals surface area contributed by atoms with E-state index in [1.165, 1.54) is 11.6 Å². The van der Waals surface area contributed by atoms with Gasteiger partial charge in [0.1, 0.15) is 0 Å². The first-order chi connectivity index (χ1) is 12.2. The third kappa shape index (κ3) is 5.02. The van der Waals surface area contributed by atoms with Crippen LogP contribution < -0.4 is 4.74 Å². The van der Waals surface area contributed by atoms with Crippen molar-refractivity contribution in [2.75, 3.05) is 19.7 Å². The van der Waals surface area contributed by atoms with Gasteiger partial charge in [0.05, 0.1) is 13.0 Å². The van der Waals surface area contributed by atoms with E-state index >= 15 is 0 Å². The summed E-state index contributed by atoms with van der Waals surface area (Å²) in [5.41, 5.74) is 1.21. The highest BCUT2D eigenvalue weighted by molar-refractivity contribution is 5.76. The predicted octanol–water partition coefficient (Wildman–Crippen LogP) is 3.47. The van der Waals surface area contributed by atoms with Crippen LogP contribution >= 0.6 is 0 Å². The molecule has 0 N–H and O–H groups in total. The van der Waals surface area contributed by atoms with E-state index in [2.05, 4.69) is 11.1 Å². The molecule has 2 aromatic rings. The maximum absolute atomic E-state index is 13.5. The number of hydrogen-bond donors (Lipinski definition) is 0. The fourth-order valence-electron chi connectivity index (χ4n) is 3.28. The summed E-state index contributed by atoms with van der Waals surface area (Å²) in [6.07, 6.45) is 7.03. The lowest BCUT2D eigenvalue weighted by Gasteiger charge is -2.33. The molecular weight excluding hydrogens is 319 g/mol. The summed E-state index contributed by atoms with van der Waals surface area (Å²) < 4.78 is 18.9. The first-order valence-corrected chi connectivity index (χ1v) is 8.76. The van der Waals surface area contributed by atoms with Crippen LogP contribution in [0.25, 0.3) is 0 Å². The van der Waals surface area contributed by atoms with Crippen molar-refractivity contribution in [2.45, 2.75) is 25.7 Å². The molecule has 1 saturated heterocycles. The van der Waals surface area contributed by atoms with Crippen LogP contribution in [0.4, 0.5) is 4.39 Å². The molecule has 0 radical (unpaired) electrons. The van der Waals surface area contributed by atoms with E-state index in [1.54, 1.807) is 24.4 Å². The molecule has 1 aliphatic rings. The Balaban J connectivity index is 1.46. The largest absolute Gasteiger partial charge is 0.490 e. The smallest absolute Gasteiger partial charge is 0.226 e. The molecule has 1 amide bonds. The Hall–Kier alpha value is -2.43. The number of hydrogen-bond acceptors (Lipinski definition) is 3. The van der Waals surface area contributed by atoms with Crippen molar-refractivity contribution >= 4 is 5.91 Å². The lowest BCUT2D eigenvalue weighted by molar-refractivity contribution is -0.133. The van der Waals surface area contributed by atoms with E-state index in [-0.39, 0.29) is 24.7 Å². The topological polar surface area (TPSA) is 42.4 Å². The van der Waals surface area contributed by atoms with E-state index in [9.17, 15) is 9.18 Å². The minimum atomic E-state index is -0.399. The maximum Gasteiger partial charge on any atom is 0.226 e. The monoisotopic (exact) mass is 342 g/mol. The number of halogens is 1. The number of likely N-dealkylation sites (tertiary alicyclic amines) is 1. The average Bonchev–Trinajstić information content (AvgIpc) is 2.64. The zero-order valence-corrected chi connectivity index (χ0v) is 14.2. The zero-order valence-electron chi connectivity index (χ0n) is 14.2. The fraction of sp³-hybridized carbons (Fsp3) is 0.400. The molecule has 0 aliphatic carbocycles. The van der Waals surface area contributed by atoms with Crippen LogP contribution in [0.3, 0.4) is 0 Å². The molecule has 0 saturated carbocycles. The molecule has 3 rings (SSSR count). The number of para-hydroxylation sites is 1. The molecule has 1 aliphatic heterocycles. The minimum Gasteiger partial charge on any atom is -0.490 e. The number of nitrogens with zero attached hydrogens (tertiary/aromatic N) is 2. The summed E-state index contributed by atoms with van der Waals surface area (Å²) in [5.74, 6) is 0.342. The second-order valence-electron chi connectivity index (χ2n) is 6.44. The molecule has 5 heteroatoms. The second-order valence-corrected chi connectivity index (χ2v) is 6.44. The van der Waals surface area contributed by atoms with Crippen molar-refractivity contribution in [3.8, 4) is 5.75 Å². The molecular formula is C20H23FN2O2. The van der Waals surface area contributed by atoms with Gasteiger partial charge in [-0.3, -0.25) is 9.78 Å². The number of carbonyl (C=O) groups is 1. The molecule has 1 atom stereocenters. The van der Waals surface area contributed by atoms with E-state index in [1.807, 2.05) is 17.2 Å². The minimum absolute atomic E-state index is 0.0761. The highest BCUT2D eigenvalue weighted by Gasteiger charge is 2.23. The SMILES string of the molecule is O=C(CCOc1ccccc1F)N1CCCC(Cc2cccnc2)C1. The molecule has 2 heterocycles. The van der Waals surface area contributed by atoms with Gasteiger partial charge in [-0.15, -0.1) is 0 Å². The van der Waals surface area contributed by atoms with Crippen molar-refractivity contribution in [1.82, 2.24) is 9.88 Å². The Labute approximate surface area is 147 Å². The Morgan fingerprint density at radius 1 is 1.28 bits per heavy atom. The van der Waals surface area contributed by atoms with Gasteiger partial charge in [-0.25, -0.2) is 4.39 Å². The Morgan fingerprint density at radius 3 is 2.96 bits per heavy atom. The standard InChI is InChI=1S/C20H23FN2O2/c21-18-7-1-2-8-19(18)25-12-9-20(24)23-11-4-6-17(15-23)13-16-5-3-10-22-14-16/h1-3,5,7-8,10,14,17H,4,6,9,11-13,15H2. The van der Waals surface area contributed by atoms with Crippen LogP contribution in [0.15, 0.2) is 48.8 Å². The maximum atomic E-state index is 13.5. The summed E-state index contributed by atoms with van der Waals surface area (Å²) in [5, 5.41) is 0. The Bertz CT molecular complexity index is 693. The van der Waals surface area contributed by atoms with Gasteiger partial charge in [-0.2, -0.15) is 0 Å². The van der Waals surface area contributed by atoms with Gasteiger partial charge in [0.15, 0.2) is 11.6 Å². The molecule has 1 unspecified atom stereocenters. The summed E-state index contributed by atoms with van der Waals surface area (Å²) >= 11 is 0. The average molecular weight is 342 g/mol. The van der Waals surface area contributed by atoms with Crippen LogP contribution in [-0.2, 0) is 11.2 Å². The van der Waals surface area contributed by atoms with E-state index < -0.39 is 5.82 Å². The zero-order chi connectivity index (χ0) is 17.5. The fourth-order valence-corrected chi connectivity index (χ4v) is 3.28. The second kappa shape index (κ2) is 8.60. The van der Waals surface area contributed by atoms with E-state index in [4.69, 9.17) is 4.74 Å². The lowest BCUT2D eigenvalue weighted by Crippen LogP contribution is -2.41. The first kappa shape index (κ1) is 17.4. The quantitative estimate of drug-likeness (QED) is 0.807. The molecule has 132 valence electrons. The third-order valence-electron chi connectivity index (χ3n) is 4.53. The number of amides is 1. The van der Waals surface area contributed by atoms with Gasteiger partial charge in [0.2, 0.25) is 5.91 Å². The van der Waals surface area contributed by atoms with Crippen molar-refractivity contribution in [1.29, 1.82) is 0 Å². The summed E-state index contributed by atoms with van der Waals surface area (Å²) in [7, 11) is 0. The van der Waals surface area contributed by atoms with Gasteiger partial charge in [0, 0.05) is 25.5 Å². The number of benzene rings is 1. The Morgan fingerprint density at radius 2 is 2.16 bits per heavy atom. The molecule has 1 aromatic carbocycles. The van der Waals surface area contributed by atoms with Crippen molar-refractivity contribution in [2.24, 2.45) is 5.92 Å². The summed E-state index contributed by atoms with van der Waals surface area (Å²) in [4.78, 5) is 18.5. The van der Waals surface area contributed by atoms with Crippen LogP contribution in [0.5, 0.6) is 5.75 Å². The van der Waals surface area contributed by atoms with E-state index in [0.717, 1.165) is 32.4 Å². The molecule has 25 heavy (non-hydrogen) atoms. The first-order valence-electron chi connectivity index (χ1n) is 8.76. The molecule has 0 bridgehead atoms. The van der Waals surface area contributed by atoms with Crippen LogP contribution in [0.1, 0.15) is 24.8 Å². The predicted molar refractivity (Wildman–Crippen MR) is 93.8 cm³/mol. The summed E-state index contributed by atoms with van der Waals surface area (Å²) in [6.45, 7) is 1.76. The highest BCUT2D eigenvalue weighted by Crippen LogP contribution is 2.21. The number of carbonyl (C=O) groups excluding carboxylic acids is 1. The van der Waals surface area contributed by atoms with Crippen molar-refractivity contribution in [3.05, 3.63) is 60.2 Å². The highest BCUT2D eigenvalue weighted by atomic mass is 19.1. The lowest BCUT2D eigenvalue weighted by atomic mass is 9.92. The summed E-state index contributed by atoms with van der Waals surface area (Å²) in [6, 6.07) is 10.3.